The van der Waals surface area contributed by atoms with E-state index in [-0.39, 0.29) is 11.7 Å². The molecular formula is C13H19N3O3. The third-order valence-electron chi connectivity index (χ3n) is 2.50. The van der Waals surface area contributed by atoms with Crippen LogP contribution in [0.3, 0.4) is 0 Å². The zero-order valence-corrected chi connectivity index (χ0v) is 10.9. The lowest BCUT2D eigenvalue weighted by Crippen LogP contribution is -2.15. The molecule has 0 bridgehead atoms. The topological polar surface area (TPSA) is 96.9 Å². The molecule has 0 aliphatic carbocycles. The molecule has 0 saturated carbocycles. The van der Waals surface area contributed by atoms with Gasteiger partial charge in [-0.25, -0.2) is 0 Å². The zero-order valence-electron chi connectivity index (χ0n) is 10.9. The third-order valence-corrected chi connectivity index (χ3v) is 2.50. The van der Waals surface area contributed by atoms with Gasteiger partial charge in [0.15, 0.2) is 0 Å². The van der Waals surface area contributed by atoms with Crippen molar-refractivity contribution in [3.8, 4) is 0 Å². The van der Waals surface area contributed by atoms with Gasteiger partial charge in [0.05, 0.1) is 0 Å². The van der Waals surface area contributed by atoms with Crippen LogP contribution in [0, 0.1) is 0 Å². The molecule has 6 heteroatoms. The molecule has 1 aromatic carbocycles. The summed E-state index contributed by atoms with van der Waals surface area (Å²) in [6.45, 7) is 0.576. The Hall–Kier alpha value is -2.08. The van der Waals surface area contributed by atoms with Gasteiger partial charge in [0.2, 0.25) is 5.91 Å². The van der Waals surface area contributed by atoms with Gasteiger partial charge in [-0.15, -0.1) is 0 Å². The number of nitrogens with zero attached hydrogens (tertiary/aromatic N) is 1. The lowest BCUT2D eigenvalue weighted by atomic mass is 10.1. The Balaban J connectivity index is 2.45. The monoisotopic (exact) mass is 265 g/mol. The van der Waals surface area contributed by atoms with Crippen molar-refractivity contribution in [2.45, 2.75) is 19.3 Å². The first-order valence-electron chi connectivity index (χ1n) is 6.00. The molecule has 1 aromatic rings. The second-order valence-electron chi connectivity index (χ2n) is 4.11. The molecule has 19 heavy (non-hydrogen) atoms. The summed E-state index contributed by atoms with van der Waals surface area (Å²) < 4.78 is 4.88. The highest BCUT2D eigenvalue weighted by Gasteiger charge is 2.03. The molecular weight excluding hydrogens is 246 g/mol. The summed E-state index contributed by atoms with van der Waals surface area (Å²) in [6, 6.07) is 7.22. The van der Waals surface area contributed by atoms with Crippen LogP contribution in [-0.2, 0) is 16.0 Å². The van der Waals surface area contributed by atoms with E-state index in [4.69, 9.17) is 15.7 Å². The summed E-state index contributed by atoms with van der Waals surface area (Å²) in [5.41, 5.74) is 7.05. The standard InChI is InChI=1S/C13H19N3O3/c1-19-8-2-3-13(17)15-11-6-4-10(5-7-11)9-12(14)16-18/h4-7,18H,2-3,8-9H2,1H3,(H2,14,16)(H,15,17). The molecule has 0 spiro atoms. The molecule has 0 aliphatic rings. The van der Waals surface area contributed by atoms with Crippen molar-refractivity contribution < 1.29 is 14.7 Å². The molecule has 0 radical (unpaired) electrons. The number of carbonyl (C=O) groups is 1. The lowest BCUT2D eigenvalue weighted by Gasteiger charge is -2.06. The van der Waals surface area contributed by atoms with Crippen LogP contribution >= 0.6 is 0 Å². The van der Waals surface area contributed by atoms with Crippen LogP contribution in [0.5, 0.6) is 0 Å². The predicted octanol–water partition coefficient (Wildman–Crippen LogP) is 1.34. The van der Waals surface area contributed by atoms with Crippen LogP contribution in [0.2, 0.25) is 0 Å². The fourth-order valence-electron chi connectivity index (χ4n) is 1.55. The van der Waals surface area contributed by atoms with Crippen LogP contribution in [0.1, 0.15) is 18.4 Å². The summed E-state index contributed by atoms with van der Waals surface area (Å²) in [5.74, 6) is 0.109. The molecule has 0 atom stereocenters. The molecule has 0 unspecified atom stereocenters. The highest BCUT2D eigenvalue weighted by molar-refractivity contribution is 5.90. The Bertz CT molecular complexity index is 429. The maximum Gasteiger partial charge on any atom is 0.224 e. The summed E-state index contributed by atoms with van der Waals surface area (Å²) in [7, 11) is 1.61. The van der Waals surface area contributed by atoms with Crippen molar-refractivity contribution in [2.24, 2.45) is 10.9 Å². The zero-order chi connectivity index (χ0) is 14.1. The van der Waals surface area contributed by atoms with Crippen molar-refractivity contribution in [3.63, 3.8) is 0 Å². The first-order chi connectivity index (χ1) is 9.15. The minimum Gasteiger partial charge on any atom is -0.409 e. The molecule has 0 heterocycles. The van der Waals surface area contributed by atoms with E-state index in [0.717, 1.165) is 11.3 Å². The number of carbonyl (C=O) groups excluding carboxylic acids is 1. The number of rotatable bonds is 7. The number of hydrogen-bond donors (Lipinski definition) is 3. The van der Waals surface area contributed by atoms with Crippen LogP contribution in [0.4, 0.5) is 5.69 Å². The van der Waals surface area contributed by atoms with E-state index >= 15 is 0 Å². The van der Waals surface area contributed by atoms with Gasteiger partial charge < -0.3 is 21.0 Å². The number of ether oxygens (including phenoxy) is 1. The molecule has 0 fully saturated rings. The van der Waals surface area contributed by atoms with E-state index in [1.54, 1.807) is 19.2 Å². The highest BCUT2D eigenvalue weighted by Crippen LogP contribution is 2.10. The quantitative estimate of drug-likeness (QED) is 0.228. The van der Waals surface area contributed by atoms with Gasteiger partial charge in [-0.2, -0.15) is 0 Å². The number of anilines is 1. The van der Waals surface area contributed by atoms with Crippen LogP contribution in [-0.4, -0.2) is 30.7 Å². The van der Waals surface area contributed by atoms with Gasteiger partial charge in [0.25, 0.3) is 0 Å². The average molecular weight is 265 g/mol. The smallest absolute Gasteiger partial charge is 0.224 e. The molecule has 1 rings (SSSR count). The largest absolute Gasteiger partial charge is 0.409 e. The van der Waals surface area contributed by atoms with Crippen molar-refractivity contribution >= 4 is 17.4 Å². The highest BCUT2D eigenvalue weighted by atomic mass is 16.5. The fraction of sp³-hybridized carbons (Fsp3) is 0.385. The van der Waals surface area contributed by atoms with Gasteiger partial charge in [-0.05, 0) is 24.1 Å². The van der Waals surface area contributed by atoms with Crippen LogP contribution in [0.15, 0.2) is 29.4 Å². The Labute approximate surface area is 112 Å². The minimum absolute atomic E-state index is 0.0405. The summed E-state index contributed by atoms with van der Waals surface area (Å²) in [5, 5.41) is 14.2. The van der Waals surface area contributed by atoms with E-state index < -0.39 is 0 Å². The third kappa shape index (κ3) is 5.87. The maximum atomic E-state index is 11.6. The Morgan fingerprint density at radius 1 is 1.42 bits per heavy atom. The number of hydrogen-bond acceptors (Lipinski definition) is 4. The normalized spacial score (nSPS) is 11.3. The second-order valence-corrected chi connectivity index (χ2v) is 4.11. The van der Waals surface area contributed by atoms with Gasteiger partial charge in [-0.1, -0.05) is 17.3 Å². The molecule has 104 valence electrons. The van der Waals surface area contributed by atoms with E-state index in [1.807, 2.05) is 12.1 Å². The fourth-order valence-corrected chi connectivity index (χ4v) is 1.55. The van der Waals surface area contributed by atoms with Crippen molar-refractivity contribution in [3.05, 3.63) is 29.8 Å². The number of oxime groups is 1. The summed E-state index contributed by atoms with van der Waals surface area (Å²) in [6.07, 6.45) is 1.50. The number of amidine groups is 1. The first kappa shape index (κ1) is 15.0. The van der Waals surface area contributed by atoms with Gasteiger partial charge >= 0.3 is 0 Å². The van der Waals surface area contributed by atoms with Crippen LogP contribution in [0.25, 0.3) is 0 Å². The number of methoxy groups -OCH3 is 1. The number of nitrogens with one attached hydrogen (secondary N) is 1. The van der Waals surface area contributed by atoms with Gasteiger partial charge in [0, 0.05) is 32.2 Å². The Morgan fingerprint density at radius 3 is 2.68 bits per heavy atom. The molecule has 0 aromatic heterocycles. The molecule has 6 nitrogen and oxygen atoms in total. The first-order valence-corrected chi connectivity index (χ1v) is 6.00. The van der Waals surface area contributed by atoms with Crippen LogP contribution < -0.4 is 11.1 Å². The Morgan fingerprint density at radius 2 is 2.11 bits per heavy atom. The number of amides is 1. The van der Waals surface area contributed by atoms with Gasteiger partial charge in [0.1, 0.15) is 5.84 Å². The molecule has 0 aliphatic heterocycles. The Kier molecular flexibility index (Phi) is 6.38. The van der Waals surface area contributed by atoms with E-state index in [9.17, 15) is 4.79 Å². The molecule has 1 amide bonds. The van der Waals surface area contributed by atoms with E-state index in [1.165, 1.54) is 0 Å². The van der Waals surface area contributed by atoms with Crippen molar-refractivity contribution in [1.29, 1.82) is 0 Å². The van der Waals surface area contributed by atoms with Crippen molar-refractivity contribution in [2.75, 3.05) is 19.0 Å². The lowest BCUT2D eigenvalue weighted by molar-refractivity contribution is -0.116. The second kappa shape index (κ2) is 8.10. The maximum absolute atomic E-state index is 11.6. The minimum atomic E-state index is -0.0405. The molecule has 0 saturated heterocycles. The average Bonchev–Trinajstić information content (AvgIpc) is 2.41. The summed E-state index contributed by atoms with van der Waals surface area (Å²) in [4.78, 5) is 11.6. The van der Waals surface area contributed by atoms with E-state index in [2.05, 4.69) is 10.5 Å². The summed E-state index contributed by atoms with van der Waals surface area (Å²) >= 11 is 0. The molecule has 4 N–H and O–H groups in total. The number of nitrogens with two attached hydrogens (primary N) is 1. The SMILES string of the molecule is COCCCC(=O)Nc1ccc(CC(N)=NO)cc1. The van der Waals surface area contributed by atoms with Crippen molar-refractivity contribution in [1.82, 2.24) is 0 Å². The number of benzene rings is 1. The van der Waals surface area contributed by atoms with Gasteiger partial charge in [-0.3, -0.25) is 4.79 Å². The van der Waals surface area contributed by atoms with E-state index in [0.29, 0.717) is 25.9 Å². The predicted molar refractivity (Wildman–Crippen MR) is 73.3 cm³/mol.